The van der Waals surface area contributed by atoms with Gasteiger partial charge in [0.1, 0.15) is 11.6 Å². The fourth-order valence-corrected chi connectivity index (χ4v) is 7.53. The Balaban J connectivity index is 1.79. The third kappa shape index (κ3) is 4.73. The summed E-state index contributed by atoms with van der Waals surface area (Å²) in [5, 5.41) is 9.63. The van der Waals surface area contributed by atoms with E-state index in [0.717, 1.165) is 5.56 Å². The number of anilines is 1. The van der Waals surface area contributed by atoms with Gasteiger partial charge in [0, 0.05) is 24.5 Å². The number of likely N-dealkylation sites (tertiary alicyclic amines) is 1. The van der Waals surface area contributed by atoms with E-state index in [1.54, 1.807) is 28.9 Å². The minimum absolute atomic E-state index is 0.0583. The number of aryl methyl sites for hydroxylation is 1. The number of ether oxygens (including phenoxy) is 2. The van der Waals surface area contributed by atoms with Crippen LogP contribution in [-0.2, 0) is 23.9 Å². The molecule has 2 amide bonds. The van der Waals surface area contributed by atoms with E-state index in [9.17, 15) is 19.5 Å². The van der Waals surface area contributed by atoms with Crippen LogP contribution in [0.15, 0.2) is 30.9 Å². The number of halogens is 2. The van der Waals surface area contributed by atoms with E-state index in [2.05, 4.69) is 22.5 Å². The molecule has 3 aliphatic rings. The third-order valence-corrected chi connectivity index (χ3v) is 8.82. The number of alkyl halides is 1. The molecule has 3 saturated heterocycles. The predicted molar refractivity (Wildman–Crippen MR) is 144 cm³/mol. The summed E-state index contributed by atoms with van der Waals surface area (Å²) >= 11 is 10.2. The quantitative estimate of drug-likeness (QED) is 0.181. The van der Waals surface area contributed by atoms with Gasteiger partial charge in [-0.2, -0.15) is 0 Å². The van der Waals surface area contributed by atoms with Crippen LogP contribution in [0.5, 0.6) is 0 Å². The van der Waals surface area contributed by atoms with Crippen LogP contribution in [0, 0.1) is 18.8 Å². The first-order valence-electron chi connectivity index (χ1n) is 12.8. The van der Waals surface area contributed by atoms with Crippen molar-refractivity contribution in [1.82, 2.24) is 4.90 Å². The van der Waals surface area contributed by atoms with Crippen LogP contribution < -0.4 is 4.90 Å². The summed E-state index contributed by atoms with van der Waals surface area (Å²) in [4.78, 5) is 44.5. The monoisotopic (exact) mass is 596 g/mol. The zero-order valence-corrected chi connectivity index (χ0v) is 23.5. The highest BCUT2D eigenvalue weighted by Gasteiger charge is 2.77. The highest BCUT2D eigenvalue weighted by molar-refractivity contribution is 9.09. The summed E-state index contributed by atoms with van der Waals surface area (Å²) in [6.07, 6.45) is 3.39. The normalized spacial score (nSPS) is 29.9. The Morgan fingerprint density at radius 3 is 2.78 bits per heavy atom. The molecule has 10 heteroatoms. The van der Waals surface area contributed by atoms with Crippen molar-refractivity contribution in [2.45, 2.75) is 62.1 Å². The number of aliphatic hydroxyl groups excluding tert-OH is 1. The number of hydrogen-bond donors (Lipinski definition) is 1. The SMILES string of the molecule is C=CCN(C(=O)C1N(CCCCCO)C(=O)[C@@H]2[C@@H](C(=O)OCC)[C@@H]3OC12CC3Br)c1c(C)cccc1Cl. The lowest BCUT2D eigenvalue weighted by molar-refractivity contribution is -0.154. The molecular formula is C27H34BrClN2O6. The van der Waals surface area contributed by atoms with E-state index in [-0.39, 0.29) is 36.4 Å². The maximum Gasteiger partial charge on any atom is 0.312 e. The summed E-state index contributed by atoms with van der Waals surface area (Å²) < 4.78 is 11.9. The first-order chi connectivity index (χ1) is 17.7. The molecule has 4 rings (SSSR count). The summed E-state index contributed by atoms with van der Waals surface area (Å²) in [6, 6.07) is 4.48. The smallest absolute Gasteiger partial charge is 0.312 e. The molecule has 0 radical (unpaired) electrons. The van der Waals surface area contributed by atoms with Crippen molar-refractivity contribution >= 4 is 51.0 Å². The Morgan fingerprint density at radius 2 is 2.14 bits per heavy atom. The van der Waals surface area contributed by atoms with Crippen molar-refractivity contribution in [2.24, 2.45) is 11.8 Å². The van der Waals surface area contributed by atoms with Gasteiger partial charge < -0.3 is 24.4 Å². The summed E-state index contributed by atoms with van der Waals surface area (Å²) in [5.74, 6) is -2.67. The number of hydrogen-bond acceptors (Lipinski definition) is 6. The second-order valence-electron chi connectivity index (χ2n) is 9.87. The first-order valence-corrected chi connectivity index (χ1v) is 14.1. The van der Waals surface area contributed by atoms with Crippen molar-refractivity contribution in [3.63, 3.8) is 0 Å². The van der Waals surface area contributed by atoms with Crippen molar-refractivity contribution in [3.8, 4) is 0 Å². The number of esters is 1. The Morgan fingerprint density at radius 1 is 1.38 bits per heavy atom. The minimum atomic E-state index is -1.17. The van der Waals surface area contributed by atoms with Gasteiger partial charge in [-0.3, -0.25) is 14.4 Å². The molecule has 3 heterocycles. The zero-order chi connectivity index (χ0) is 26.9. The van der Waals surface area contributed by atoms with Gasteiger partial charge in [-0.05, 0) is 51.2 Å². The van der Waals surface area contributed by atoms with Crippen LogP contribution in [0.2, 0.25) is 5.02 Å². The van der Waals surface area contributed by atoms with Crippen LogP contribution in [0.4, 0.5) is 5.69 Å². The van der Waals surface area contributed by atoms with E-state index < -0.39 is 35.6 Å². The maximum atomic E-state index is 14.5. The van der Waals surface area contributed by atoms with E-state index in [4.69, 9.17) is 21.1 Å². The summed E-state index contributed by atoms with van der Waals surface area (Å²) in [6.45, 7) is 8.19. The fourth-order valence-electron chi connectivity index (χ4n) is 6.26. The lowest BCUT2D eigenvalue weighted by atomic mass is 9.70. The van der Waals surface area contributed by atoms with Gasteiger partial charge in [0.25, 0.3) is 5.91 Å². The Kier molecular flexibility index (Phi) is 8.68. The molecule has 1 aromatic carbocycles. The highest BCUT2D eigenvalue weighted by atomic mass is 79.9. The van der Waals surface area contributed by atoms with Crippen molar-refractivity contribution in [1.29, 1.82) is 0 Å². The molecule has 3 aliphatic heterocycles. The van der Waals surface area contributed by atoms with Crippen molar-refractivity contribution in [3.05, 3.63) is 41.4 Å². The molecule has 2 bridgehead atoms. The molecule has 0 aliphatic carbocycles. The second-order valence-corrected chi connectivity index (χ2v) is 11.5. The minimum Gasteiger partial charge on any atom is -0.466 e. The molecule has 1 spiro atoms. The lowest BCUT2D eigenvalue weighted by Crippen LogP contribution is -2.57. The average Bonchev–Trinajstić information content (AvgIpc) is 3.44. The number of para-hydroxylation sites is 1. The fraction of sp³-hybridized carbons (Fsp3) is 0.593. The zero-order valence-electron chi connectivity index (χ0n) is 21.2. The molecule has 0 saturated carbocycles. The maximum absolute atomic E-state index is 14.5. The number of nitrogens with zero attached hydrogens (tertiary/aromatic N) is 2. The molecule has 8 nitrogen and oxygen atoms in total. The van der Waals surface area contributed by atoms with Crippen LogP contribution >= 0.6 is 27.5 Å². The molecule has 1 aromatic rings. The highest BCUT2D eigenvalue weighted by Crippen LogP contribution is 2.60. The van der Waals surface area contributed by atoms with Crippen molar-refractivity contribution in [2.75, 3.05) is 31.2 Å². The van der Waals surface area contributed by atoms with E-state index in [0.29, 0.717) is 42.9 Å². The number of carbonyl (C=O) groups excluding carboxylic acids is 3. The van der Waals surface area contributed by atoms with Gasteiger partial charge in [-0.25, -0.2) is 0 Å². The standard InChI is InChI=1S/C27H34BrClN2O6/c1-4-12-30(21-16(3)10-9-11-18(21)29)25(34)23-27-15-17(28)22(37-27)19(26(35)36-5-2)20(27)24(33)31(23)13-7-6-8-14-32/h4,9-11,17,19-20,22-23,32H,1,5-8,12-15H2,2-3H3/t17?,19-,20+,22-,23?,27?/m1/s1. The number of benzene rings is 1. The Labute approximate surface area is 231 Å². The molecule has 3 unspecified atom stereocenters. The van der Waals surface area contributed by atoms with Crippen LogP contribution in [0.25, 0.3) is 0 Å². The number of rotatable bonds is 11. The van der Waals surface area contributed by atoms with Gasteiger partial charge in [-0.1, -0.05) is 45.7 Å². The lowest BCUT2D eigenvalue weighted by Gasteiger charge is -2.37. The number of fused-ring (bicyclic) bond motifs is 1. The van der Waals surface area contributed by atoms with E-state index in [1.807, 2.05) is 19.1 Å². The molecule has 6 atom stereocenters. The van der Waals surface area contributed by atoms with Gasteiger partial charge in [0.05, 0.1) is 35.3 Å². The van der Waals surface area contributed by atoms with Crippen LogP contribution in [0.3, 0.4) is 0 Å². The number of carbonyl (C=O) groups is 3. The topological polar surface area (TPSA) is 96.4 Å². The molecule has 3 fully saturated rings. The predicted octanol–water partition coefficient (Wildman–Crippen LogP) is 3.64. The van der Waals surface area contributed by atoms with E-state index in [1.165, 1.54) is 0 Å². The van der Waals surface area contributed by atoms with E-state index >= 15 is 0 Å². The summed E-state index contributed by atoms with van der Waals surface area (Å²) in [5.41, 5.74) is 0.206. The van der Waals surface area contributed by atoms with Crippen molar-refractivity contribution < 1.29 is 29.0 Å². The van der Waals surface area contributed by atoms with Gasteiger partial charge >= 0.3 is 5.97 Å². The molecule has 0 aromatic heterocycles. The van der Waals surface area contributed by atoms with Gasteiger partial charge in [0.15, 0.2) is 0 Å². The number of aliphatic hydroxyl groups is 1. The first kappa shape index (κ1) is 28.1. The molecule has 202 valence electrons. The van der Waals surface area contributed by atoms with Gasteiger partial charge in [0.2, 0.25) is 5.91 Å². The Hall–Kier alpha value is -1.94. The molecule has 1 N–H and O–H groups in total. The molecular weight excluding hydrogens is 564 g/mol. The largest absolute Gasteiger partial charge is 0.466 e. The Bertz CT molecular complexity index is 1050. The number of unbranched alkanes of at least 4 members (excludes halogenated alkanes) is 2. The van der Waals surface area contributed by atoms with Crippen LogP contribution in [-0.4, -0.2) is 76.7 Å². The summed E-state index contributed by atoms with van der Waals surface area (Å²) in [7, 11) is 0. The van der Waals surface area contributed by atoms with Gasteiger partial charge in [-0.15, -0.1) is 6.58 Å². The third-order valence-electron chi connectivity index (χ3n) is 7.68. The second kappa shape index (κ2) is 11.4. The average molecular weight is 598 g/mol. The number of amides is 2. The van der Waals surface area contributed by atoms with Crippen LogP contribution in [0.1, 0.15) is 38.2 Å². The molecule has 37 heavy (non-hydrogen) atoms.